The van der Waals surface area contributed by atoms with E-state index in [0.29, 0.717) is 23.8 Å². The number of carbonyl (C=O) groups excluding carboxylic acids is 1. The van der Waals surface area contributed by atoms with Gasteiger partial charge in [-0.1, -0.05) is 12.5 Å². The zero-order chi connectivity index (χ0) is 18.1. The van der Waals surface area contributed by atoms with E-state index >= 15 is 0 Å². The summed E-state index contributed by atoms with van der Waals surface area (Å²) in [6, 6.07) is 6.52. The van der Waals surface area contributed by atoms with Crippen molar-refractivity contribution < 1.29 is 14.3 Å². The molecule has 0 N–H and O–H groups in total. The van der Waals surface area contributed by atoms with Crippen LogP contribution < -0.4 is 9.47 Å². The Labute approximate surface area is 156 Å². The number of rotatable bonds is 5. The molecule has 1 aromatic rings. The molecule has 0 radical (unpaired) electrons. The molecule has 0 spiro atoms. The third-order valence-electron chi connectivity index (χ3n) is 6.46. The molecule has 2 atom stereocenters. The first-order chi connectivity index (χ1) is 12.7. The van der Waals surface area contributed by atoms with Gasteiger partial charge in [0, 0.05) is 49.8 Å². The molecule has 2 bridgehead atoms. The van der Waals surface area contributed by atoms with Crippen LogP contribution in [0.1, 0.15) is 37.7 Å². The highest BCUT2D eigenvalue weighted by Gasteiger charge is 2.39. The van der Waals surface area contributed by atoms with Crippen molar-refractivity contribution in [2.75, 3.05) is 33.9 Å². The van der Waals surface area contributed by atoms with Gasteiger partial charge >= 0.3 is 0 Å². The Hall–Kier alpha value is -1.75. The van der Waals surface area contributed by atoms with Crippen LogP contribution in [-0.4, -0.2) is 55.6 Å². The topological polar surface area (TPSA) is 42.0 Å². The molecule has 4 fully saturated rings. The van der Waals surface area contributed by atoms with Crippen molar-refractivity contribution in [3.63, 3.8) is 0 Å². The lowest BCUT2D eigenvalue weighted by Crippen LogP contribution is -2.45. The number of piperidine rings is 1. The van der Waals surface area contributed by atoms with Gasteiger partial charge in [-0.15, -0.1) is 0 Å². The van der Waals surface area contributed by atoms with E-state index < -0.39 is 0 Å². The van der Waals surface area contributed by atoms with Crippen LogP contribution >= 0.6 is 0 Å². The normalized spacial score (nSPS) is 26.3. The van der Waals surface area contributed by atoms with Gasteiger partial charge in [0.05, 0.1) is 14.2 Å². The van der Waals surface area contributed by atoms with E-state index in [1.54, 1.807) is 14.2 Å². The van der Waals surface area contributed by atoms with Gasteiger partial charge in [0.15, 0.2) is 0 Å². The Morgan fingerprint density at radius 1 is 1.08 bits per heavy atom. The van der Waals surface area contributed by atoms with E-state index in [1.165, 1.54) is 24.8 Å². The van der Waals surface area contributed by atoms with Gasteiger partial charge in [0.2, 0.25) is 5.91 Å². The highest BCUT2D eigenvalue weighted by molar-refractivity contribution is 5.79. The lowest BCUT2D eigenvalue weighted by atomic mass is 9.84. The van der Waals surface area contributed by atoms with Crippen LogP contribution in [0, 0.1) is 11.8 Å². The number of amides is 1. The molecule has 4 aliphatic rings. The van der Waals surface area contributed by atoms with Crippen LogP contribution in [0.4, 0.5) is 0 Å². The molecule has 1 aromatic carbocycles. The molecule has 3 saturated heterocycles. The average molecular weight is 358 g/mol. The van der Waals surface area contributed by atoms with Crippen LogP contribution in [-0.2, 0) is 11.3 Å². The molecule has 142 valence electrons. The summed E-state index contributed by atoms with van der Waals surface area (Å²) in [6.07, 6.45) is 5.85. The van der Waals surface area contributed by atoms with Crippen LogP contribution in [0.15, 0.2) is 18.2 Å². The van der Waals surface area contributed by atoms with E-state index in [1.807, 2.05) is 12.1 Å². The minimum atomic E-state index is 0.308. The van der Waals surface area contributed by atoms with Gasteiger partial charge in [0.25, 0.3) is 0 Å². The average Bonchev–Trinajstić information content (AvgIpc) is 2.92. The molecule has 3 heterocycles. The largest absolute Gasteiger partial charge is 0.497 e. The molecule has 5 heteroatoms. The van der Waals surface area contributed by atoms with E-state index in [0.717, 1.165) is 50.5 Å². The fourth-order valence-corrected chi connectivity index (χ4v) is 4.67. The smallest absolute Gasteiger partial charge is 0.225 e. The molecule has 3 aliphatic heterocycles. The minimum absolute atomic E-state index is 0.308. The van der Waals surface area contributed by atoms with E-state index in [-0.39, 0.29) is 0 Å². The summed E-state index contributed by atoms with van der Waals surface area (Å²) < 4.78 is 10.9. The van der Waals surface area contributed by atoms with Crippen molar-refractivity contribution >= 4 is 5.91 Å². The highest BCUT2D eigenvalue weighted by Crippen LogP contribution is 2.34. The predicted octanol–water partition coefficient (Wildman–Crippen LogP) is 2.93. The maximum absolute atomic E-state index is 12.8. The number of nitrogens with zero attached hydrogens (tertiary/aromatic N) is 2. The standard InChI is InChI=1S/C21H30N2O3/c1-25-19-9-7-17(20(10-19)26-2)13-22-11-15-6-8-18(22)14-23(12-15)21(24)16-4-3-5-16/h7,9-10,15-16,18H,3-6,8,11-14H2,1-2H3/t15-,18-/m1/s1. The van der Waals surface area contributed by atoms with Crippen molar-refractivity contribution in [2.45, 2.75) is 44.7 Å². The van der Waals surface area contributed by atoms with Crippen molar-refractivity contribution in [3.05, 3.63) is 23.8 Å². The maximum Gasteiger partial charge on any atom is 0.225 e. The minimum Gasteiger partial charge on any atom is -0.497 e. The van der Waals surface area contributed by atoms with Gasteiger partial charge in [-0.25, -0.2) is 0 Å². The van der Waals surface area contributed by atoms with Gasteiger partial charge in [-0.05, 0) is 37.7 Å². The van der Waals surface area contributed by atoms with E-state index in [4.69, 9.17) is 9.47 Å². The second-order valence-electron chi connectivity index (χ2n) is 8.08. The third-order valence-corrected chi connectivity index (χ3v) is 6.46. The monoisotopic (exact) mass is 358 g/mol. The summed E-state index contributed by atoms with van der Waals surface area (Å²) in [6.45, 7) is 3.79. The Morgan fingerprint density at radius 3 is 2.62 bits per heavy atom. The van der Waals surface area contributed by atoms with Crippen LogP contribution in [0.2, 0.25) is 0 Å². The molecule has 26 heavy (non-hydrogen) atoms. The summed E-state index contributed by atoms with van der Waals surface area (Å²) >= 11 is 0. The summed E-state index contributed by atoms with van der Waals surface area (Å²) in [5.41, 5.74) is 1.19. The number of benzene rings is 1. The van der Waals surface area contributed by atoms with Gasteiger partial charge in [-0.2, -0.15) is 0 Å². The Balaban J connectivity index is 1.47. The molecular weight excluding hydrogens is 328 g/mol. The summed E-state index contributed by atoms with van der Waals surface area (Å²) in [5.74, 6) is 3.02. The molecule has 0 aromatic heterocycles. The second kappa shape index (κ2) is 7.47. The lowest BCUT2D eigenvalue weighted by Gasteiger charge is -2.36. The molecule has 1 saturated carbocycles. The first-order valence-electron chi connectivity index (χ1n) is 9.91. The third kappa shape index (κ3) is 3.41. The summed E-state index contributed by atoms with van der Waals surface area (Å²) in [4.78, 5) is 17.5. The maximum atomic E-state index is 12.8. The molecular formula is C21H30N2O3. The van der Waals surface area contributed by atoms with E-state index in [9.17, 15) is 4.79 Å². The first kappa shape index (κ1) is 17.7. The number of carbonyl (C=O) groups is 1. The second-order valence-corrected chi connectivity index (χ2v) is 8.08. The fourth-order valence-electron chi connectivity index (χ4n) is 4.67. The molecule has 0 unspecified atom stereocenters. The fraction of sp³-hybridized carbons (Fsp3) is 0.667. The van der Waals surface area contributed by atoms with Gasteiger partial charge in [0.1, 0.15) is 11.5 Å². The van der Waals surface area contributed by atoms with Gasteiger partial charge < -0.3 is 14.4 Å². The van der Waals surface area contributed by atoms with Crippen molar-refractivity contribution in [2.24, 2.45) is 11.8 Å². The Kier molecular flexibility index (Phi) is 5.07. The lowest BCUT2D eigenvalue weighted by molar-refractivity contribution is -0.138. The molecule has 5 rings (SSSR count). The zero-order valence-corrected chi connectivity index (χ0v) is 15.9. The van der Waals surface area contributed by atoms with Crippen LogP contribution in [0.3, 0.4) is 0 Å². The first-order valence-corrected chi connectivity index (χ1v) is 9.91. The van der Waals surface area contributed by atoms with E-state index in [2.05, 4.69) is 15.9 Å². The number of hydrogen-bond acceptors (Lipinski definition) is 4. The molecule has 1 amide bonds. The molecule has 5 nitrogen and oxygen atoms in total. The highest BCUT2D eigenvalue weighted by atomic mass is 16.5. The number of methoxy groups -OCH3 is 2. The quantitative estimate of drug-likeness (QED) is 0.812. The predicted molar refractivity (Wildman–Crippen MR) is 100 cm³/mol. The van der Waals surface area contributed by atoms with Crippen LogP contribution in [0.25, 0.3) is 0 Å². The van der Waals surface area contributed by atoms with Gasteiger partial charge in [-0.3, -0.25) is 9.69 Å². The van der Waals surface area contributed by atoms with Crippen molar-refractivity contribution in [1.82, 2.24) is 9.80 Å². The number of fused-ring (bicyclic) bond motifs is 4. The Bertz CT molecular complexity index is 659. The summed E-state index contributed by atoms with van der Waals surface area (Å²) in [5, 5.41) is 0. The summed E-state index contributed by atoms with van der Waals surface area (Å²) in [7, 11) is 3.39. The van der Waals surface area contributed by atoms with Crippen molar-refractivity contribution in [3.8, 4) is 11.5 Å². The van der Waals surface area contributed by atoms with Crippen LogP contribution in [0.5, 0.6) is 11.5 Å². The zero-order valence-electron chi connectivity index (χ0n) is 15.9. The molecule has 1 aliphatic carbocycles. The van der Waals surface area contributed by atoms with Crippen molar-refractivity contribution in [1.29, 1.82) is 0 Å². The number of ether oxygens (including phenoxy) is 2. The Morgan fingerprint density at radius 2 is 1.92 bits per heavy atom. The SMILES string of the molecule is COc1ccc(CN2C[C@H]3CC[C@@H]2CN(C(=O)C2CCC2)C3)c(OC)c1. The number of hydrogen-bond donors (Lipinski definition) is 0.